The second-order valence-corrected chi connectivity index (χ2v) is 14.4. The molecule has 14 nitrogen and oxygen atoms in total. The summed E-state index contributed by atoms with van der Waals surface area (Å²) in [6.07, 6.45) is -5.10. The van der Waals surface area contributed by atoms with E-state index >= 15 is 0 Å². The lowest BCUT2D eigenvalue weighted by Gasteiger charge is -2.28. The van der Waals surface area contributed by atoms with Crippen LogP contribution in [0.2, 0.25) is 10.0 Å². The van der Waals surface area contributed by atoms with E-state index in [2.05, 4.69) is 0 Å². The molecular formula is C26H31Cl2N2O12PS. The number of sulfonamides is 1. The maximum absolute atomic E-state index is 13.9. The van der Waals surface area contributed by atoms with Crippen LogP contribution in [0.5, 0.6) is 0 Å². The standard InChI is InChI=1S/C26H31Cl2N2O12PS/c1-15(2)38-24(32)40-26(41-25(33)39-16(3)4)42-43(34,35)14-30(44(36,37)22-12-19(27)11-20(28)13-22)21-6-7-23-18(10-21)8-9-29(23)17(5)31/h6-7,10-13,15-16,26H,8-9,14H2,1-5H3,(H,34,35). The van der Waals surface area contributed by atoms with Gasteiger partial charge in [0.25, 0.3) is 10.0 Å². The SMILES string of the molecule is CC(=O)N1CCc2cc(N(CP(=O)(O)OC(OC(=O)OC(C)C)OC(=O)OC(C)C)S(=O)(=O)c3cc(Cl)cc(Cl)c3)ccc21. The lowest BCUT2D eigenvalue weighted by Crippen LogP contribution is -2.34. The number of hydrogen-bond acceptors (Lipinski definition) is 11. The molecule has 242 valence electrons. The van der Waals surface area contributed by atoms with Crippen LogP contribution in [0.25, 0.3) is 0 Å². The van der Waals surface area contributed by atoms with Crippen LogP contribution >= 0.6 is 30.8 Å². The fraction of sp³-hybridized carbons (Fsp3) is 0.423. The van der Waals surface area contributed by atoms with Gasteiger partial charge in [-0.2, -0.15) is 0 Å². The summed E-state index contributed by atoms with van der Waals surface area (Å²) in [5.41, 5.74) is 1.05. The Hall–Kier alpha value is -3.07. The Bertz CT molecular complexity index is 1530. The molecule has 2 aromatic rings. The Morgan fingerprint density at radius 3 is 2.00 bits per heavy atom. The van der Waals surface area contributed by atoms with Gasteiger partial charge in [-0.15, -0.1) is 0 Å². The van der Waals surface area contributed by atoms with Gasteiger partial charge in [0.1, 0.15) is 6.29 Å². The second kappa shape index (κ2) is 14.4. The van der Waals surface area contributed by atoms with E-state index in [0.717, 1.165) is 12.1 Å². The molecule has 1 atom stereocenters. The lowest BCUT2D eigenvalue weighted by atomic mass is 10.1. The fourth-order valence-corrected chi connectivity index (χ4v) is 7.77. The molecule has 0 saturated carbocycles. The molecule has 0 radical (unpaired) electrons. The molecular weight excluding hydrogens is 666 g/mol. The molecule has 1 aliphatic heterocycles. The van der Waals surface area contributed by atoms with Crippen LogP contribution in [0.1, 0.15) is 40.2 Å². The van der Waals surface area contributed by atoms with Crippen molar-refractivity contribution in [1.82, 2.24) is 0 Å². The number of halogens is 2. The maximum Gasteiger partial charge on any atom is 0.513 e. The molecule has 2 aromatic carbocycles. The highest BCUT2D eigenvalue weighted by molar-refractivity contribution is 7.93. The van der Waals surface area contributed by atoms with Crippen LogP contribution in [0.3, 0.4) is 0 Å². The third-order valence-electron chi connectivity index (χ3n) is 5.66. The summed E-state index contributed by atoms with van der Waals surface area (Å²) in [5, 5.41) is -0.0561. The van der Waals surface area contributed by atoms with E-state index in [9.17, 15) is 32.3 Å². The highest BCUT2D eigenvalue weighted by Gasteiger charge is 2.39. The number of fused-ring (bicyclic) bond motifs is 1. The van der Waals surface area contributed by atoms with Crippen molar-refractivity contribution in [2.24, 2.45) is 0 Å². The number of anilines is 2. The van der Waals surface area contributed by atoms with Crippen LogP contribution in [-0.2, 0) is 49.3 Å². The van der Waals surface area contributed by atoms with Crippen molar-refractivity contribution in [3.05, 3.63) is 52.0 Å². The molecule has 18 heteroatoms. The van der Waals surface area contributed by atoms with Gasteiger partial charge in [0.15, 0.2) is 0 Å². The quantitative estimate of drug-likeness (QED) is 0.173. The highest BCUT2D eigenvalue weighted by atomic mass is 35.5. The molecule has 0 bridgehead atoms. The predicted molar refractivity (Wildman–Crippen MR) is 159 cm³/mol. The molecule has 0 aliphatic carbocycles. The molecule has 1 amide bonds. The van der Waals surface area contributed by atoms with E-state index in [-0.39, 0.29) is 21.6 Å². The Kier molecular flexibility index (Phi) is 11.6. The zero-order valence-electron chi connectivity index (χ0n) is 24.3. The zero-order chi connectivity index (χ0) is 33.0. The molecule has 1 unspecified atom stereocenters. The third kappa shape index (κ3) is 9.46. The average Bonchev–Trinajstić information content (AvgIpc) is 3.29. The van der Waals surface area contributed by atoms with E-state index < -0.39 is 59.8 Å². The van der Waals surface area contributed by atoms with Crippen LogP contribution < -0.4 is 9.21 Å². The number of amides is 1. The first kappa shape index (κ1) is 35.4. The largest absolute Gasteiger partial charge is 0.513 e. The first-order valence-corrected chi connectivity index (χ1v) is 17.0. The van der Waals surface area contributed by atoms with Crippen molar-refractivity contribution < 1.29 is 55.7 Å². The Labute approximate surface area is 264 Å². The first-order chi connectivity index (χ1) is 20.4. The molecule has 0 spiro atoms. The highest BCUT2D eigenvalue weighted by Crippen LogP contribution is 2.47. The second-order valence-electron chi connectivity index (χ2n) is 9.93. The van der Waals surface area contributed by atoms with E-state index in [1.54, 1.807) is 0 Å². The summed E-state index contributed by atoms with van der Waals surface area (Å²) in [6, 6.07) is 7.73. The van der Waals surface area contributed by atoms with Gasteiger partial charge in [0.2, 0.25) is 5.91 Å². The van der Waals surface area contributed by atoms with Gasteiger partial charge in [0.05, 0.1) is 22.8 Å². The summed E-state index contributed by atoms with van der Waals surface area (Å²) in [4.78, 5) is 48.2. The molecule has 0 aromatic heterocycles. The predicted octanol–water partition coefficient (Wildman–Crippen LogP) is 5.66. The van der Waals surface area contributed by atoms with Gasteiger partial charge in [-0.05, 0) is 76.1 Å². The number of rotatable bonds is 11. The van der Waals surface area contributed by atoms with E-state index in [0.29, 0.717) is 28.5 Å². The Morgan fingerprint density at radius 1 is 0.955 bits per heavy atom. The Morgan fingerprint density at radius 2 is 1.50 bits per heavy atom. The van der Waals surface area contributed by atoms with Crippen molar-refractivity contribution in [3.63, 3.8) is 0 Å². The molecule has 0 fully saturated rings. The Balaban J connectivity index is 2.03. The smallest absolute Gasteiger partial charge is 0.431 e. The van der Waals surface area contributed by atoms with Crippen molar-refractivity contribution in [2.75, 3.05) is 22.0 Å². The molecule has 0 saturated heterocycles. The summed E-state index contributed by atoms with van der Waals surface area (Å²) in [6.45, 7) is 5.20. The molecule has 1 heterocycles. The monoisotopic (exact) mass is 696 g/mol. The number of carbonyl (C=O) groups excluding carboxylic acids is 3. The van der Waals surface area contributed by atoms with Crippen molar-refractivity contribution in [2.45, 2.75) is 64.6 Å². The van der Waals surface area contributed by atoms with Gasteiger partial charge in [-0.25, -0.2) is 22.5 Å². The zero-order valence-corrected chi connectivity index (χ0v) is 27.5. The topological polar surface area (TPSA) is 175 Å². The van der Waals surface area contributed by atoms with Crippen molar-refractivity contribution >= 4 is 70.4 Å². The lowest BCUT2D eigenvalue weighted by molar-refractivity contribution is -0.208. The third-order valence-corrected chi connectivity index (χ3v) is 9.18. The van der Waals surface area contributed by atoms with Crippen LogP contribution in [0.15, 0.2) is 41.3 Å². The number of carbonyl (C=O) groups is 3. The molecule has 1 N–H and O–H groups in total. The average molecular weight is 697 g/mol. The number of nitrogens with zero attached hydrogens (tertiary/aromatic N) is 2. The normalized spacial score (nSPS) is 14.3. The van der Waals surface area contributed by atoms with Gasteiger partial charge in [-0.3, -0.25) is 13.7 Å². The summed E-state index contributed by atoms with van der Waals surface area (Å²) >= 11 is 12.1. The number of benzene rings is 2. The van der Waals surface area contributed by atoms with Crippen LogP contribution in [-0.4, -0.2) is 63.0 Å². The first-order valence-electron chi connectivity index (χ1n) is 13.0. The van der Waals surface area contributed by atoms with Crippen molar-refractivity contribution in [3.8, 4) is 0 Å². The molecule has 44 heavy (non-hydrogen) atoms. The number of hydrogen-bond donors (Lipinski definition) is 1. The minimum Gasteiger partial charge on any atom is -0.431 e. The van der Waals surface area contributed by atoms with Crippen LogP contribution in [0, 0.1) is 0 Å². The molecule has 1 aliphatic rings. The van der Waals surface area contributed by atoms with E-state index in [1.165, 1.54) is 63.8 Å². The summed E-state index contributed by atoms with van der Waals surface area (Å²) in [5.74, 6) is -0.221. The van der Waals surface area contributed by atoms with Gasteiger partial charge >= 0.3 is 26.4 Å². The maximum atomic E-state index is 13.9. The van der Waals surface area contributed by atoms with Gasteiger partial charge in [0, 0.05) is 29.2 Å². The minimum absolute atomic E-state index is 0.0281. The van der Waals surface area contributed by atoms with Crippen LogP contribution in [0.4, 0.5) is 21.0 Å². The minimum atomic E-state index is -5.19. The molecule has 3 rings (SSSR count). The van der Waals surface area contributed by atoms with Crippen molar-refractivity contribution in [1.29, 1.82) is 0 Å². The van der Waals surface area contributed by atoms with Gasteiger partial charge < -0.3 is 28.7 Å². The van der Waals surface area contributed by atoms with E-state index in [4.69, 9.17) is 46.7 Å². The number of ether oxygens (including phenoxy) is 4. The fourth-order valence-electron chi connectivity index (χ4n) is 3.97. The van der Waals surface area contributed by atoms with Gasteiger partial charge in [-0.1, -0.05) is 23.2 Å². The summed E-state index contributed by atoms with van der Waals surface area (Å²) in [7, 11) is -9.88. The summed E-state index contributed by atoms with van der Waals surface area (Å²) < 4.78 is 65.9. The van der Waals surface area contributed by atoms with E-state index in [1.807, 2.05) is 0 Å².